The molecule has 0 atom stereocenters. The van der Waals surface area contributed by atoms with Gasteiger partial charge in [-0.25, -0.2) is 4.79 Å². The fraction of sp³-hybridized carbons (Fsp3) is 0.154. The van der Waals surface area contributed by atoms with Crippen LogP contribution in [0.5, 0.6) is 0 Å². The number of carbonyl (C=O) groups is 2. The molecule has 0 saturated heterocycles. The number of para-hydroxylation sites is 1. The Balaban J connectivity index is 1.52. The molecule has 4 heteroatoms. The van der Waals surface area contributed by atoms with Crippen molar-refractivity contribution < 1.29 is 14.3 Å². The Morgan fingerprint density at radius 3 is 2.23 bits per heavy atom. The molecule has 30 heavy (non-hydrogen) atoms. The predicted octanol–water partition coefficient (Wildman–Crippen LogP) is 4.92. The molecule has 3 aromatic carbocycles. The Bertz CT molecular complexity index is 1150. The number of aryl methyl sites for hydroxylation is 2. The summed E-state index contributed by atoms with van der Waals surface area (Å²) >= 11 is 0. The molecule has 148 valence electrons. The van der Waals surface area contributed by atoms with Crippen LogP contribution in [0.25, 0.3) is 5.70 Å². The Morgan fingerprint density at radius 1 is 0.900 bits per heavy atom. The fourth-order valence-corrected chi connectivity index (χ4v) is 4.22. The van der Waals surface area contributed by atoms with Crippen molar-refractivity contribution >= 4 is 23.3 Å². The van der Waals surface area contributed by atoms with Crippen LogP contribution < -0.4 is 4.90 Å². The molecule has 2 aliphatic rings. The zero-order valence-electron chi connectivity index (χ0n) is 16.5. The first-order valence-corrected chi connectivity index (χ1v) is 10.2. The highest BCUT2D eigenvalue weighted by atomic mass is 16.5. The number of rotatable bonds is 4. The van der Waals surface area contributed by atoms with Gasteiger partial charge in [0.05, 0.1) is 5.70 Å². The van der Waals surface area contributed by atoms with Crippen LogP contribution in [0.15, 0.2) is 78.9 Å². The summed E-state index contributed by atoms with van der Waals surface area (Å²) in [7, 11) is 0. The van der Waals surface area contributed by atoms with E-state index in [1.54, 1.807) is 4.90 Å². The molecular weight excluding hydrogens is 374 g/mol. The average molecular weight is 395 g/mol. The van der Waals surface area contributed by atoms with E-state index in [0.29, 0.717) is 11.3 Å². The van der Waals surface area contributed by atoms with Crippen molar-refractivity contribution in [3.8, 4) is 0 Å². The summed E-state index contributed by atoms with van der Waals surface area (Å²) in [6.45, 7) is 0.194. The molecule has 4 nitrogen and oxygen atoms in total. The normalized spacial score (nSPS) is 15.9. The number of hydrogen-bond donors (Lipinski definition) is 0. The van der Waals surface area contributed by atoms with Crippen molar-refractivity contribution in [3.63, 3.8) is 0 Å². The maximum atomic E-state index is 13.3. The van der Waals surface area contributed by atoms with Crippen molar-refractivity contribution in [2.75, 3.05) is 4.90 Å². The number of carbonyl (C=O) groups excluding carboxylic acids is 2. The van der Waals surface area contributed by atoms with Gasteiger partial charge in [0.1, 0.15) is 6.61 Å². The van der Waals surface area contributed by atoms with Crippen LogP contribution in [0.1, 0.15) is 39.0 Å². The van der Waals surface area contributed by atoms with Crippen LogP contribution in [-0.4, -0.2) is 11.9 Å². The molecule has 0 unspecified atom stereocenters. The Kier molecular flexibility index (Phi) is 4.68. The lowest BCUT2D eigenvalue weighted by Gasteiger charge is -2.18. The van der Waals surface area contributed by atoms with Gasteiger partial charge in [-0.05, 0) is 60.2 Å². The van der Waals surface area contributed by atoms with Crippen LogP contribution in [0, 0.1) is 0 Å². The zero-order valence-corrected chi connectivity index (χ0v) is 16.5. The molecule has 1 aliphatic carbocycles. The van der Waals surface area contributed by atoms with E-state index in [4.69, 9.17) is 4.74 Å². The van der Waals surface area contributed by atoms with Gasteiger partial charge >= 0.3 is 5.97 Å². The highest BCUT2D eigenvalue weighted by Crippen LogP contribution is 2.39. The molecule has 1 amide bonds. The standard InChI is InChI=1S/C26H21NO3/c28-25(30-17-18-8-3-1-4-9-18)16-24-22-14-19-10-7-11-20(19)15-23(22)26(29)27(24)21-12-5-2-6-13-21/h1-6,8-9,12-16H,7,10-11,17H2. The van der Waals surface area contributed by atoms with Gasteiger partial charge in [0, 0.05) is 22.9 Å². The van der Waals surface area contributed by atoms with Crippen molar-refractivity contribution in [1.82, 2.24) is 0 Å². The number of anilines is 1. The highest BCUT2D eigenvalue weighted by Gasteiger charge is 2.35. The van der Waals surface area contributed by atoms with E-state index in [-0.39, 0.29) is 12.5 Å². The third kappa shape index (κ3) is 3.30. The van der Waals surface area contributed by atoms with Gasteiger partial charge in [-0.3, -0.25) is 9.69 Å². The van der Waals surface area contributed by atoms with Gasteiger partial charge in [0.2, 0.25) is 0 Å². The average Bonchev–Trinajstić information content (AvgIpc) is 3.35. The number of fused-ring (bicyclic) bond motifs is 2. The summed E-state index contributed by atoms with van der Waals surface area (Å²) < 4.78 is 5.46. The highest BCUT2D eigenvalue weighted by molar-refractivity contribution is 6.24. The van der Waals surface area contributed by atoms with Gasteiger partial charge in [-0.1, -0.05) is 48.5 Å². The number of amides is 1. The molecule has 3 aromatic rings. The molecule has 0 fully saturated rings. The fourth-order valence-electron chi connectivity index (χ4n) is 4.22. The second-order valence-corrected chi connectivity index (χ2v) is 7.62. The number of hydrogen-bond acceptors (Lipinski definition) is 3. The molecular formula is C26H21NO3. The minimum atomic E-state index is -0.462. The van der Waals surface area contributed by atoms with E-state index in [2.05, 4.69) is 6.07 Å². The van der Waals surface area contributed by atoms with Crippen molar-refractivity contribution in [2.45, 2.75) is 25.9 Å². The largest absolute Gasteiger partial charge is 0.458 e. The predicted molar refractivity (Wildman–Crippen MR) is 116 cm³/mol. The van der Waals surface area contributed by atoms with Gasteiger partial charge < -0.3 is 4.74 Å². The van der Waals surface area contributed by atoms with E-state index in [9.17, 15) is 9.59 Å². The lowest BCUT2D eigenvalue weighted by molar-refractivity contribution is -0.138. The monoisotopic (exact) mass is 395 g/mol. The summed E-state index contributed by atoms with van der Waals surface area (Å²) in [5.41, 5.74) is 6.20. The minimum Gasteiger partial charge on any atom is -0.458 e. The van der Waals surface area contributed by atoms with Crippen LogP contribution in [0.4, 0.5) is 5.69 Å². The summed E-state index contributed by atoms with van der Waals surface area (Å²) in [4.78, 5) is 27.6. The molecule has 1 aliphatic heterocycles. The van der Waals surface area contributed by atoms with E-state index < -0.39 is 5.97 Å². The molecule has 0 bridgehead atoms. The quantitative estimate of drug-likeness (QED) is 0.465. The molecule has 0 spiro atoms. The first-order valence-electron chi connectivity index (χ1n) is 10.2. The number of benzene rings is 3. The Hall–Kier alpha value is -3.66. The lowest BCUT2D eigenvalue weighted by atomic mass is 10.0. The molecule has 0 radical (unpaired) electrons. The van der Waals surface area contributed by atoms with Gasteiger partial charge in [0.25, 0.3) is 5.91 Å². The van der Waals surface area contributed by atoms with Gasteiger partial charge in [-0.2, -0.15) is 0 Å². The number of nitrogens with zero attached hydrogens (tertiary/aromatic N) is 1. The SMILES string of the molecule is O=C(C=C1c2cc3c(cc2C(=O)N1c1ccccc1)CCC3)OCc1ccccc1. The van der Waals surface area contributed by atoms with Crippen LogP contribution >= 0.6 is 0 Å². The van der Waals surface area contributed by atoms with Crippen LogP contribution in [0.2, 0.25) is 0 Å². The number of esters is 1. The second-order valence-electron chi connectivity index (χ2n) is 7.62. The van der Waals surface area contributed by atoms with E-state index in [1.165, 1.54) is 17.2 Å². The summed E-state index contributed by atoms with van der Waals surface area (Å²) in [5.74, 6) is -0.566. The van der Waals surface area contributed by atoms with Crippen LogP contribution in [0.3, 0.4) is 0 Å². The summed E-state index contributed by atoms with van der Waals surface area (Å²) in [6, 6.07) is 23.1. The Labute approximate surface area is 175 Å². The molecule has 1 heterocycles. The minimum absolute atomic E-state index is 0.104. The zero-order chi connectivity index (χ0) is 20.5. The molecule has 0 saturated carbocycles. The topological polar surface area (TPSA) is 46.6 Å². The summed E-state index contributed by atoms with van der Waals surface area (Å²) in [6.07, 6.45) is 4.56. The smallest absolute Gasteiger partial charge is 0.333 e. The third-order valence-electron chi connectivity index (χ3n) is 5.68. The van der Waals surface area contributed by atoms with E-state index >= 15 is 0 Å². The number of ether oxygens (including phenoxy) is 1. The van der Waals surface area contributed by atoms with Gasteiger partial charge in [0.15, 0.2) is 0 Å². The molecule has 0 N–H and O–H groups in total. The van der Waals surface area contributed by atoms with Crippen molar-refractivity contribution in [3.05, 3.63) is 107 Å². The first-order chi connectivity index (χ1) is 14.7. The van der Waals surface area contributed by atoms with Crippen molar-refractivity contribution in [2.24, 2.45) is 0 Å². The first kappa shape index (κ1) is 18.4. The molecule has 5 rings (SSSR count). The maximum absolute atomic E-state index is 13.3. The van der Waals surface area contributed by atoms with E-state index in [0.717, 1.165) is 36.1 Å². The molecule has 0 aromatic heterocycles. The lowest BCUT2D eigenvalue weighted by Crippen LogP contribution is -2.23. The van der Waals surface area contributed by atoms with Crippen molar-refractivity contribution in [1.29, 1.82) is 0 Å². The second kappa shape index (κ2) is 7.64. The maximum Gasteiger partial charge on any atom is 0.333 e. The van der Waals surface area contributed by atoms with Gasteiger partial charge in [-0.15, -0.1) is 0 Å². The Morgan fingerprint density at radius 2 is 1.53 bits per heavy atom. The van der Waals surface area contributed by atoms with Crippen LogP contribution in [-0.2, 0) is 29.0 Å². The summed E-state index contributed by atoms with van der Waals surface area (Å²) in [5, 5.41) is 0. The van der Waals surface area contributed by atoms with E-state index in [1.807, 2.05) is 66.7 Å². The third-order valence-corrected chi connectivity index (χ3v) is 5.68.